The van der Waals surface area contributed by atoms with Gasteiger partial charge < -0.3 is 4.57 Å². The number of halogens is 2. The van der Waals surface area contributed by atoms with Gasteiger partial charge in [0.15, 0.2) is 0 Å². The number of imide groups is 2. The van der Waals surface area contributed by atoms with E-state index in [-0.39, 0.29) is 11.6 Å². The van der Waals surface area contributed by atoms with Crippen molar-refractivity contribution < 1.29 is 14.4 Å². The van der Waals surface area contributed by atoms with Gasteiger partial charge in [-0.15, -0.1) is 0 Å². The van der Waals surface area contributed by atoms with Gasteiger partial charge in [-0.2, -0.15) is 0 Å². The van der Waals surface area contributed by atoms with Crippen LogP contribution in [-0.2, 0) is 9.59 Å². The molecule has 4 amide bonds. The van der Waals surface area contributed by atoms with Crippen LogP contribution in [0.4, 0.5) is 4.79 Å². The zero-order valence-corrected chi connectivity index (χ0v) is 19.7. The lowest BCUT2D eigenvalue weighted by molar-refractivity contribution is -0.132. The summed E-state index contributed by atoms with van der Waals surface area (Å²) in [6.45, 7) is 3.87. The molecule has 0 atom stereocenters. The van der Waals surface area contributed by atoms with Gasteiger partial charge in [0, 0.05) is 27.6 Å². The van der Waals surface area contributed by atoms with Crippen molar-refractivity contribution in [3.05, 3.63) is 56.3 Å². The first-order valence-corrected chi connectivity index (χ1v) is 11.5. The van der Waals surface area contributed by atoms with E-state index in [4.69, 9.17) is 11.6 Å². The number of aryl methyl sites for hydroxylation is 1. The van der Waals surface area contributed by atoms with Crippen LogP contribution >= 0.6 is 27.5 Å². The summed E-state index contributed by atoms with van der Waals surface area (Å²) < 4.78 is 2.82. The number of rotatable bonds is 3. The highest BCUT2D eigenvalue weighted by atomic mass is 79.9. The summed E-state index contributed by atoms with van der Waals surface area (Å²) in [6.07, 6.45) is 6.20. The molecule has 6 nitrogen and oxygen atoms in total. The van der Waals surface area contributed by atoms with E-state index in [2.05, 4.69) is 21.2 Å². The lowest BCUT2D eigenvalue weighted by atomic mass is 9.93. The summed E-state index contributed by atoms with van der Waals surface area (Å²) in [5.74, 6) is -1.17. The Kier molecular flexibility index (Phi) is 6.08. The summed E-state index contributed by atoms with van der Waals surface area (Å²) in [4.78, 5) is 39.3. The second-order valence-electron chi connectivity index (χ2n) is 8.04. The quantitative estimate of drug-likeness (QED) is 0.455. The molecule has 0 bridgehead atoms. The number of benzene rings is 1. The van der Waals surface area contributed by atoms with Crippen LogP contribution in [-0.4, -0.2) is 33.4 Å². The van der Waals surface area contributed by atoms with Crippen LogP contribution in [0.5, 0.6) is 0 Å². The first-order chi connectivity index (χ1) is 14.8. The van der Waals surface area contributed by atoms with E-state index in [0.717, 1.165) is 59.2 Å². The van der Waals surface area contributed by atoms with Gasteiger partial charge in [-0.05, 0) is 78.5 Å². The lowest BCUT2D eigenvalue weighted by Crippen LogP contribution is -2.58. The number of barbiturate groups is 1. The molecule has 4 rings (SSSR count). The Balaban J connectivity index is 1.71. The largest absolute Gasteiger partial charge is 0.331 e. The molecule has 162 valence electrons. The van der Waals surface area contributed by atoms with Crippen molar-refractivity contribution in [2.24, 2.45) is 0 Å². The molecule has 0 spiro atoms. The van der Waals surface area contributed by atoms with E-state index in [1.54, 1.807) is 6.08 Å². The molecular formula is C23H23BrClN3O3. The maximum Gasteiger partial charge on any atom is 0.331 e. The van der Waals surface area contributed by atoms with E-state index in [0.29, 0.717) is 5.02 Å². The van der Waals surface area contributed by atoms with Crippen molar-refractivity contribution in [1.29, 1.82) is 0 Å². The van der Waals surface area contributed by atoms with Crippen molar-refractivity contribution in [2.45, 2.75) is 52.0 Å². The second kappa shape index (κ2) is 8.63. The van der Waals surface area contributed by atoms with Gasteiger partial charge in [-0.1, -0.05) is 30.9 Å². The number of amides is 4. The molecule has 1 saturated heterocycles. The molecule has 0 radical (unpaired) electrons. The number of carbonyl (C=O) groups is 3. The van der Waals surface area contributed by atoms with E-state index in [1.165, 1.54) is 4.90 Å². The topological polar surface area (TPSA) is 71.4 Å². The third kappa shape index (κ3) is 4.08. The highest BCUT2D eigenvalue weighted by Gasteiger charge is 2.40. The molecule has 8 heteroatoms. The molecule has 1 aromatic heterocycles. The predicted octanol–water partition coefficient (Wildman–Crippen LogP) is 5.30. The Morgan fingerprint density at radius 2 is 1.81 bits per heavy atom. The van der Waals surface area contributed by atoms with E-state index < -0.39 is 17.8 Å². The average Bonchev–Trinajstić information content (AvgIpc) is 3.01. The first-order valence-electron chi connectivity index (χ1n) is 10.3. The third-order valence-corrected chi connectivity index (χ3v) is 7.24. The van der Waals surface area contributed by atoms with Crippen LogP contribution in [0.2, 0.25) is 5.02 Å². The fraction of sp³-hybridized carbons (Fsp3) is 0.348. The zero-order chi connectivity index (χ0) is 22.3. The van der Waals surface area contributed by atoms with Crippen LogP contribution in [0.15, 0.2) is 34.3 Å². The summed E-state index contributed by atoms with van der Waals surface area (Å²) in [7, 11) is 0. The summed E-state index contributed by atoms with van der Waals surface area (Å²) in [6, 6.07) is 6.81. The van der Waals surface area contributed by atoms with Gasteiger partial charge in [0.2, 0.25) is 0 Å². The number of aromatic nitrogens is 1. The van der Waals surface area contributed by atoms with Crippen molar-refractivity contribution in [3.63, 3.8) is 0 Å². The van der Waals surface area contributed by atoms with Gasteiger partial charge in [-0.3, -0.25) is 19.8 Å². The van der Waals surface area contributed by atoms with Crippen LogP contribution in [0.25, 0.3) is 11.8 Å². The van der Waals surface area contributed by atoms with Gasteiger partial charge in [-0.25, -0.2) is 4.79 Å². The Morgan fingerprint density at radius 1 is 1.10 bits per heavy atom. The maximum absolute atomic E-state index is 13.2. The molecule has 1 aromatic carbocycles. The van der Waals surface area contributed by atoms with Crippen molar-refractivity contribution in [1.82, 2.24) is 14.8 Å². The monoisotopic (exact) mass is 503 g/mol. The average molecular weight is 505 g/mol. The smallest absolute Gasteiger partial charge is 0.318 e. The molecule has 31 heavy (non-hydrogen) atoms. The predicted molar refractivity (Wildman–Crippen MR) is 123 cm³/mol. The van der Waals surface area contributed by atoms with Crippen molar-refractivity contribution in [3.8, 4) is 5.69 Å². The number of carbonyl (C=O) groups excluding carboxylic acids is 3. The zero-order valence-electron chi connectivity index (χ0n) is 17.4. The van der Waals surface area contributed by atoms with Gasteiger partial charge >= 0.3 is 6.03 Å². The van der Waals surface area contributed by atoms with Crippen molar-refractivity contribution >= 4 is 51.5 Å². The maximum atomic E-state index is 13.2. The molecule has 0 unspecified atom stereocenters. The van der Waals surface area contributed by atoms with Gasteiger partial charge in [0.25, 0.3) is 11.8 Å². The van der Waals surface area contributed by atoms with Crippen LogP contribution in [0, 0.1) is 13.8 Å². The minimum atomic E-state index is -0.654. The van der Waals surface area contributed by atoms with E-state index in [9.17, 15) is 14.4 Å². The fourth-order valence-electron chi connectivity index (χ4n) is 4.45. The van der Waals surface area contributed by atoms with Crippen LogP contribution in [0.1, 0.15) is 49.1 Å². The summed E-state index contributed by atoms with van der Waals surface area (Å²) in [5.41, 5.74) is 3.41. The number of hydrogen-bond donors (Lipinski definition) is 1. The number of nitrogens with one attached hydrogen (secondary N) is 1. The number of urea groups is 1. The Bertz CT molecular complexity index is 1120. The normalized spacial score (nSPS) is 19.3. The Labute approximate surface area is 194 Å². The molecule has 1 aliphatic carbocycles. The SMILES string of the molecule is Cc1cc(C=C2C(=O)NC(=O)N(C3CCCCC3)C2=O)c(C)n1-c1ccc(Br)c(Cl)c1. The molecule has 1 saturated carbocycles. The third-order valence-electron chi connectivity index (χ3n) is 6.00. The highest BCUT2D eigenvalue weighted by molar-refractivity contribution is 9.10. The van der Waals surface area contributed by atoms with E-state index >= 15 is 0 Å². The molecule has 1 N–H and O–H groups in total. The van der Waals surface area contributed by atoms with Crippen LogP contribution in [0.3, 0.4) is 0 Å². The molecule has 2 fully saturated rings. The lowest BCUT2D eigenvalue weighted by Gasteiger charge is -2.35. The Morgan fingerprint density at radius 3 is 2.48 bits per heavy atom. The van der Waals surface area contributed by atoms with Crippen LogP contribution < -0.4 is 5.32 Å². The fourth-order valence-corrected chi connectivity index (χ4v) is 4.87. The second-order valence-corrected chi connectivity index (χ2v) is 9.31. The van der Waals surface area contributed by atoms with E-state index in [1.807, 2.05) is 42.7 Å². The number of hydrogen-bond acceptors (Lipinski definition) is 3. The van der Waals surface area contributed by atoms with Crippen molar-refractivity contribution in [2.75, 3.05) is 0 Å². The molecular weight excluding hydrogens is 482 g/mol. The van der Waals surface area contributed by atoms with Gasteiger partial charge in [0.1, 0.15) is 5.57 Å². The molecule has 2 aliphatic rings. The summed E-state index contributed by atoms with van der Waals surface area (Å²) >= 11 is 9.67. The summed E-state index contributed by atoms with van der Waals surface area (Å²) in [5, 5.41) is 2.93. The highest BCUT2D eigenvalue weighted by Crippen LogP contribution is 2.30. The Hall–Kier alpha value is -2.38. The number of nitrogens with zero attached hydrogens (tertiary/aromatic N) is 2. The minimum absolute atomic E-state index is 0.0146. The molecule has 1 aliphatic heterocycles. The molecule has 2 aromatic rings. The first kappa shape index (κ1) is 21.8. The van der Waals surface area contributed by atoms with Gasteiger partial charge in [0.05, 0.1) is 5.02 Å². The standard InChI is InChI=1S/C23H23BrClN3O3/c1-13-10-15(14(2)27(13)17-8-9-19(24)20(25)12-17)11-18-21(29)26-23(31)28(22(18)30)16-6-4-3-5-7-16/h8-12,16H,3-7H2,1-2H3,(H,26,29,31). The molecule has 2 heterocycles. The minimum Gasteiger partial charge on any atom is -0.318 e.